The zero-order valence-corrected chi connectivity index (χ0v) is 12.4. The van der Waals surface area contributed by atoms with E-state index in [9.17, 15) is 5.11 Å². The van der Waals surface area contributed by atoms with Gasteiger partial charge >= 0.3 is 0 Å². The molecule has 1 fully saturated rings. The molecule has 106 valence electrons. The number of aliphatic hydroxyl groups excluding tert-OH is 1. The molecule has 1 saturated carbocycles. The largest absolute Gasteiger partial charge is 0.391 e. The van der Waals surface area contributed by atoms with E-state index >= 15 is 0 Å². The van der Waals surface area contributed by atoms with Crippen molar-refractivity contribution in [1.82, 2.24) is 4.90 Å². The first-order valence-corrected chi connectivity index (χ1v) is 8.17. The highest BCUT2D eigenvalue weighted by molar-refractivity contribution is 7.09. The van der Waals surface area contributed by atoms with Gasteiger partial charge in [-0.05, 0) is 36.3 Å². The molecule has 1 heterocycles. The van der Waals surface area contributed by atoms with Gasteiger partial charge in [-0.25, -0.2) is 0 Å². The van der Waals surface area contributed by atoms with Crippen LogP contribution < -0.4 is 0 Å². The molecule has 1 N–H and O–H groups in total. The third kappa shape index (κ3) is 3.92. The van der Waals surface area contributed by atoms with Crippen LogP contribution in [0.5, 0.6) is 0 Å². The Kier molecular flexibility index (Phi) is 4.51. The predicted molar refractivity (Wildman–Crippen MR) is 83.9 cm³/mol. The fourth-order valence-corrected chi connectivity index (χ4v) is 3.34. The molecule has 1 aliphatic rings. The molecule has 2 aromatic rings. The molecule has 0 radical (unpaired) electrons. The Hall–Kier alpha value is -1.16. The summed E-state index contributed by atoms with van der Waals surface area (Å²) in [5.41, 5.74) is 1.21. The van der Waals surface area contributed by atoms with Gasteiger partial charge in [-0.3, -0.25) is 4.90 Å². The second-order valence-electron chi connectivity index (χ2n) is 5.58. The Morgan fingerprint density at radius 1 is 1.15 bits per heavy atom. The van der Waals surface area contributed by atoms with E-state index in [2.05, 4.69) is 34.5 Å². The molecule has 0 saturated heterocycles. The molecule has 20 heavy (non-hydrogen) atoms. The van der Waals surface area contributed by atoms with Gasteiger partial charge in [0.15, 0.2) is 0 Å². The third-order valence-electron chi connectivity index (χ3n) is 3.76. The highest BCUT2D eigenvalue weighted by Gasteiger charge is 2.30. The molecule has 0 bridgehead atoms. The normalized spacial score (nSPS) is 16.5. The zero-order valence-electron chi connectivity index (χ0n) is 11.6. The number of aliphatic hydroxyl groups is 1. The standard InChI is InChI=1S/C17H21NOS/c19-16(11-14-5-2-1-3-6-14)12-18(15-8-9-15)13-17-7-4-10-20-17/h1-7,10,15-16,19H,8-9,11-13H2. The Labute approximate surface area is 124 Å². The van der Waals surface area contributed by atoms with Gasteiger partial charge < -0.3 is 5.11 Å². The van der Waals surface area contributed by atoms with E-state index in [1.807, 2.05) is 18.2 Å². The number of nitrogens with zero attached hydrogens (tertiary/aromatic N) is 1. The minimum atomic E-state index is -0.280. The van der Waals surface area contributed by atoms with Gasteiger partial charge in [-0.1, -0.05) is 36.4 Å². The number of benzene rings is 1. The van der Waals surface area contributed by atoms with Crippen molar-refractivity contribution < 1.29 is 5.11 Å². The molecular formula is C17H21NOS. The maximum Gasteiger partial charge on any atom is 0.0707 e. The summed E-state index contributed by atoms with van der Waals surface area (Å²) in [6.07, 6.45) is 3.03. The lowest BCUT2D eigenvalue weighted by molar-refractivity contribution is 0.105. The van der Waals surface area contributed by atoms with Gasteiger partial charge in [0.2, 0.25) is 0 Å². The predicted octanol–water partition coefficient (Wildman–Crippen LogP) is 3.32. The van der Waals surface area contributed by atoms with Crippen molar-refractivity contribution in [2.24, 2.45) is 0 Å². The van der Waals surface area contributed by atoms with Gasteiger partial charge in [0.1, 0.15) is 0 Å². The topological polar surface area (TPSA) is 23.5 Å². The maximum atomic E-state index is 10.3. The van der Waals surface area contributed by atoms with Crippen LogP contribution in [-0.2, 0) is 13.0 Å². The van der Waals surface area contributed by atoms with Gasteiger partial charge in [-0.2, -0.15) is 0 Å². The van der Waals surface area contributed by atoms with Crippen molar-refractivity contribution in [3.63, 3.8) is 0 Å². The Morgan fingerprint density at radius 2 is 1.95 bits per heavy atom. The number of rotatable bonds is 7. The average Bonchev–Trinajstić information content (AvgIpc) is 3.18. The van der Waals surface area contributed by atoms with E-state index in [0.717, 1.165) is 19.5 Å². The van der Waals surface area contributed by atoms with E-state index in [0.29, 0.717) is 6.04 Å². The molecule has 1 aromatic heterocycles. The quantitative estimate of drug-likeness (QED) is 0.844. The molecule has 1 aliphatic carbocycles. The molecule has 0 aliphatic heterocycles. The van der Waals surface area contributed by atoms with Crippen LogP contribution in [0, 0.1) is 0 Å². The number of hydrogen-bond acceptors (Lipinski definition) is 3. The Balaban J connectivity index is 1.56. The average molecular weight is 287 g/mol. The van der Waals surface area contributed by atoms with Crippen LogP contribution in [0.25, 0.3) is 0 Å². The third-order valence-corrected chi connectivity index (χ3v) is 4.62. The summed E-state index contributed by atoms with van der Waals surface area (Å²) in [5.74, 6) is 0. The van der Waals surface area contributed by atoms with E-state index in [-0.39, 0.29) is 6.10 Å². The smallest absolute Gasteiger partial charge is 0.0707 e. The van der Waals surface area contributed by atoms with Crippen LogP contribution >= 0.6 is 11.3 Å². The molecule has 0 amide bonds. The highest BCUT2D eigenvalue weighted by Crippen LogP contribution is 2.29. The van der Waals surface area contributed by atoms with Gasteiger partial charge in [0.05, 0.1) is 6.10 Å². The first-order chi connectivity index (χ1) is 9.81. The summed E-state index contributed by atoms with van der Waals surface area (Å²) in [7, 11) is 0. The van der Waals surface area contributed by atoms with Crippen molar-refractivity contribution in [2.45, 2.75) is 38.0 Å². The molecule has 1 aromatic carbocycles. The summed E-state index contributed by atoms with van der Waals surface area (Å²) in [6.45, 7) is 1.76. The molecule has 0 spiro atoms. The second-order valence-corrected chi connectivity index (χ2v) is 6.62. The Bertz CT molecular complexity index is 507. The first-order valence-electron chi connectivity index (χ1n) is 7.29. The SMILES string of the molecule is OC(Cc1ccccc1)CN(Cc1cccs1)C1CC1. The fourth-order valence-electron chi connectivity index (χ4n) is 2.61. The van der Waals surface area contributed by atoms with E-state index in [1.165, 1.54) is 23.3 Å². The van der Waals surface area contributed by atoms with E-state index in [1.54, 1.807) is 11.3 Å². The molecule has 3 rings (SSSR count). The summed E-state index contributed by atoms with van der Waals surface area (Å²) in [4.78, 5) is 3.84. The van der Waals surface area contributed by atoms with Crippen LogP contribution in [-0.4, -0.2) is 28.7 Å². The van der Waals surface area contributed by atoms with E-state index in [4.69, 9.17) is 0 Å². The lowest BCUT2D eigenvalue weighted by atomic mass is 10.1. The number of thiophene rings is 1. The van der Waals surface area contributed by atoms with Crippen LogP contribution in [0.1, 0.15) is 23.3 Å². The summed E-state index contributed by atoms with van der Waals surface area (Å²) in [6, 6.07) is 15.2. The highest BCUT2D eigenvalue weighted by atomic mass is 32.1. The molecule has 2 nitrogen and oxygen atoms in total. The lowest BCUT2D eigenvalue weighted by Crippen LogP contribution is -2.34. The molecular weight excluding hydrogens is 266 g/mol. The second kappa shape index (κ2) is 6.53. The molecule has 1 atom stereocenters. The van der Waals surface area contributed by atoms with Gasteiger partial charge in [-0.15, -0.1) is 11.3 Å². The van der Waals surface area contributed by atoms with Crippen LogP contribution in [0.2, 0.25) is 0 Å². The Morgan fingerprint density at radius 3 is 2.60 bits per heavy atom. The van der Waals surface area contributed by atoms with Crippen LogP contribution in [0.3, 0.4) is 0 Å². The minimum Gasteiger partial charge on any atom is -0.391 e. The number of hydrogen-bond donors (Lipinski definition) is 1. The molecule has 1 unspecified atom stereocenters. The van der Waals surface area contributed by atoms with Crippen molar-refractivity contribution >= 4 is 11.3 Å². The van der Waals surface area contributed by atoms with Crippen LogP contribution in [0.4, 0.5) is 0 Å². The van der Waals surface area contributed by atoms with Crippen molar-refractivity contribution in [3.05, 3.63) is 58.3 Å². The lowest BCUT2D eigenvalue weighted by Gasteiger charge is -2.24. The monoisotopic (exact) mass is 287 g/mol. The van der Waals surface area contributed by atoms with Gasteiger partial charge in [0, 0.05) is 24.0 Å². The summed E-state index contributed by atoms with van der Waals surface area (Å²) >= 11 is 1.80. The maximum absolute atomic E-state index is 10.3. The van der Waals surface area contributed by atoms with Crippen molar-refractivity contribution in [3.8, 4) is 0 Å². The van der Waals surface area contributed by atoms with Crippen LogP contribution in [0.15, 0.2) is 47.8 Å². The summed E-state index contributed by atoms with van der Waals surface area (Å²) in [5, 5.41) is 12.5. The minimum absolute atomic E-state index is 0.280. The van der Waals surface area contributed by atoms with Crippen molar-refractivity contribution in [1.29, 1.82) is 0 Å². The van der Waals surface area contributed by atoms with E-state index < -0.39 is 0 Å². The van der Waals surface area contributed by atoms with Crippen molar-refractivity contribution in [2.75, 3.05) is 6.54 Å². The summed E-state index contributed by atoms with van der Waals surface area (Å²) < 4.78 is 0. The first kappa shape index (κ1) is 13.8. The fraction of sp³-hybridized carbons (Fsp3) is 0.412. The zero-order chi connectivity index (χ0) is 13.8. The molecule has 3 heteroatoms. The van der Waals surface area contributed by atoms with Gasteiger partial charge in [0.25, 0.3) is 0 Å².